The lowest BCUT2D eigenvalue weighted by Gasteiger charge is -2.53. The van der Waals surface area contributed by atoms with Crippen molar-refractivity contribution in [3.63, 3.8) is 0 Å². The molecule has 1 aliphatic heterocycles. The molecule has 3 rings (SSSR count). The zero-order valence-corrected chi connectivity index (χ0v) is 12.3. The van der Waals surface area contributed by atoms with Gasteiger partial charge in [-0.05, 0) is 44.5 Å². The molecule has 1 aromatic rings. The second-order valence-electron chi connectivity index (χ2n) is 6.52. The van der Waals surface area contributed by atoms with Crippen LogP contribution in [0.1, 0.15) is 50.6 Å². The number of hydrogen-bond donors (Lipinski definition) is 1. The molecule has 2 fully saturated rings. The fraction of sp³-hybridized carbons (Fsp3) is 0.647. The van der Waals surface area contributed by atoms with Crippen LogP contribution in [0.4, 0.5) is 5.69 Å². The SMILES string of the molecule is CNC(C)c1ccc(N2CC3(CCCCC3)C2)cc1. The number of nitrogens with zero attached hydrogens (tertiary/aromatic N) is 1. The molecule has 1 saturated carbocycles. The first-order chi connectivity index (χ1) is 9.22. The van der Waals surface area contributed by atoms with Crippen LogP contribution in [0.25, 0.3) is 0 Å². The first kappa shape index (κ1) is 13.0. The quantitative estimate of drug-likeness (QED) is 0.888. The standard InChI is InChI=1S/C17H26N2/c1-14(18-2)15-6-8-16(9-7-15)19-12-17(13-19)10-4-3-5-11-17/h6-9,14,18H,3-5,10-13H2,1-2H3. The number of benzene rings is 1. The molecule has 2 heteroatoms. The summed E-state index contributed by atoms with van der Waals surface area (Å²) in [5.74, 6) is 0. The van der Waals surface area contributed by atoms with Crippen molar-refractivity contribution in [2.24, 2.45) is 5.41 Å². The Labute approximate surface area is 117 Å². The van der Waals surface area contributed by atoms with Crippen LogP contribution in [-0.2, 0) is 0 Å². The van der Waals surface area contributed by atoms with Crippen LogP contribution in [0.3, 0.4) is 0 Å². The van der Waals surface area contributed by atoms with Gasteiger partial charge in [-0.3, -0.25) is 0 Å². The number of rotatable bonds is 3. The van der Waals surface area contributed by atoms with Crippen molar-refractivity contribution >= 4 is 5.69 Å². The minimum Gasteiger partial charge on any atom is -0.370 e. The van der Waals surface area contributed by atoms with E-state index >= 15 is 0 Å². The molecule has 1 unspecified atom stereocenters. The van der Waals surface area contributed by atoms with Crippen molar-refractivity contribution in [2.75, 3.05) is 25.0 Å². The lowest BCUT2D eigenvalue weighted by molar-refractivity contribution is 0.139. The van der Waals surface area contributed by atoms with Crippen molar-refractivity contribution < 1.29 is 0 Å². The van der Waals surface area contributed by atoms with Crippen LogP contribution in [0.5, 0.6) is 0 Å². The molecular weight excluding hydrogens is 232 g/mol. The summed E-state index contributed by atoms with van der Waals surface area (Å²) in [4.78, 5) is 2.55. The molecule has 2 nitrogen and oxygen atoms in total. The molecule has 1 heterocycles. The molecule has 1 aromatic carbocycles. The summed E-state index contributed by atoms with van der Waals surface area (Å²) >= 11 is 0. The topological polar surface area (TPSA) is 15.3 Å². The number of nitrogens with one attached hydrogen (secondary N) is 1. The average Bonchev–Trinajstić information content (AvgIpc) is 2.45. The molecule has 1 N–H and O–H groups in total. The van der Waals surface area contributed by atoms with E-state index in [9.17, 15) is 0 Å². The molecule has 19 heavy (non-hydrogen) atoms. The van der Waals surface area contributed by atoms with Gasteiger partial charge in [-0.25, -0.2) is 0 Å². The Balaban J connectivity index is 1.62. The van der Waals surface area contributed by atoms with Gasteiger partial charge in [0.2, 0.25) is 0 Å². The maximum absolute atomic E-state index is 3.29. The molecular formula is C17H26N2. The molecule has 0 bridgehead atoms. The molecule has 2 aliphatic rings. The van der Waals surface area contributed by atoms with Gasteiger partial charge in [0.05, 0.1) is 0 Å². The lowest BCUT2D eigenvalue weighted by Crippen LogP contribution is -2.57. The molecule has 0 radical (unpaired) electrons. The summed E-state index contributed by atoms with van der Waals surface area (Å²) in [6, 6.07) is 9.55. The van der Waals surface area contributed by atoms with E-state index in [1.165, 1.54) is 56.4 Å². The fourth-order valence-electron chi connectivity index (χ4n) is 3.70. The molecule has 1 aliphatic carbocycles. The van der Waals surface area contributed by atoms with E-state index in [0.717, 1.165) is 0 Å². The van der Waals surface area contributed by atoms with Crippen molar-refractivity contribution in [2.45, 2.75) is 45.1 Å². The Morgan fingerprint density at radius 1 is 1.05 bits per heavy atom. The monoisotopic (exact) mass is 258 g/mol. The van der Waals surface area contributed by atoms with Crippen LogP contribution in [0.2, 0.25) is 0 Å². The van der Waals surface area contributed by atoms with Crippen molar-refractivity contribution in [1.82, 2.24) is 5.32 Å². The smallest absolute Gasteiger partial charge is 0.0366 e. The third kappa shape index (κ3) is 2.51. The fourth-order valence-corrected chi connectivity index (χ4v) is 3.70. The summed E-state index contributed by atoms with van der Waals surface area (Å²) in [6.07, 6.45) is 7.27. The van der Waals surface area contributed by atoms with Gasteiger partial charge >= 0.3 is 0 Å². The largest absolute Gasteiger partial charge is 0.370 e. The van der Waals surface area contributed by atoms with Gasteiger partial charge < -0.3 is 10.2 Å². The van der Waals surface area contributed by atoms with Gasteiger partial charge in [0.15, 0.2) is 0 Å². The Kier molecular flexibility index (Phi) is 3.53. The van der Waals surface area contributed by atoms with Gasteiger partial charge in [-0.15, -0.1) is 0 Å². The van der Waals surface area contributed by atoms with E-state index in [0.29, 0.717) is 11.5 Å². The lowest BCUT2D eigenvalue weighted by atomic mass is 9.68. The highest BCUT2D eigenvalue weighted by Crippen LogP contribution is 2.45. The Morgan fingerprint density at radius 3 is 2.26 bits per heavy atom. The van der Waals surface area contributed by atoms with E-state index in [4.69, 9.17) is 0 Å². The highest BCUT2D eigenvalue weighted by atomic mass is 15.2. The van der Waals surface area contributed by atoms with Crippen LogP contribution in [0, 0.1) is 5.41 Å². The molecule has 104 valence electrons. The zero-order valence-electron chi connectivity index (χ0n) is 12.3. The third-order valence-corrected chi connectivity index (χ3v) is 5.16. The molecule has 1 atom stereocenters. The summed E-state index contributed by atoms with van der Waals surface area (Å²) in [5, 5.41) is 3.29. The van der Waals surface area contributed by atoms with E-state index < -0.39 is 0 Å². The van der Waals surface area contributed by atoms with Crippen molar-refractivity contribution in [3.05, 3.63) is 29.8 Å². The minimum atomic E-state index is 0.440. The van der Waals surface area contributed by atoms with Gasteiger partial charge in [-0.2, -0.15) is 0 Å². The van der Waals surface area contributed by atoms with E-state index in [-0.39, 0.29) is 0 Å². The summed E-state index contributed by atoms with van der Waals surface area (Å²) in [5.41, 5.74) is 3.46. The van der Waals surface area contributed by atoms with Crippen LogP contribution in [0.15, 0.2) is 24.3 Å². The molecule has 1 saturated heterocycles. The second-order valence-corrected chi connectivity index (χ2v) is 6.52. The van der Waals surface area contributed by atoms with Gasteiger partial charge in [-0.1, -0.05) is 31.4 Å². The predicted molar refractivity (Wildman–Crippen MR) is 81.6 cm³/mol. The van der Waals surface area contributed by atoms with E-state index in [1.54, 1.807) is 0 Å². The highest BCUT2D eigenvalue weighted by Gasteiger charge is 2.43. The van der Waals surface area contributed by atoms with Crippen molar-refractivity contribution in [3.8, 4) is 0 Å². The van der Waals surface area contributed by atoms with E-state index in [1.807, 2.05) is 7.05 Å². The van der Waals surface area contributed by atoms with Crippen molar-refractivity contribution in [1.29, 1.82) is 0 Å². The van der Waals surface area contributed by atoms with Gasteiger partial charge in [0.25, 0.3) is 0 Å². The summed E-state index contributed by atoms with van der Waals surface area (Å²) < 4.78 is 0. The first-order valence-corrected chi connectivity index (χ1v) is 7.75. The maximum Gasteiger partial charge on any atom is 0.0366 e. The van der Waals surface area contributed by atoms with Crippen LogP contribution < -0.4 is 10.2 Å². The second kappa shape index (κ2) is 5.16. The molecule has 0 amide bonds. The first-order valence-electron chi connectivity index (χ1n) is 7.75. The third-order valence-electron chi connectivity index (χ3n) is 5.16. The Bertz CT molecular complexity index is 409. The highest BCUT2D eigenvalue weighted by molar-refractivity contribution is 5.51. The Hall–Kier alpha value is -1.02. The Morgan fingerprint density at radius 2 is 1.68 bits per heavy atom. The van der Waals surface area contributed by atoms with Crippen LogP contribution in [-0.4, -0.2) is 20.1 Å². The summed E-state index contributed by atoms with van der Waals surface area (Å²) in [6.45, 7) is 4.78. The minimum absolute atomic E-state index is 0.440. The predicted octanol–water partition coefficient (Wildman–Crippen LogP) is 3.74. The average molecular weight is 258 g/mol. The van der Waals surface area contributed by atoms with Gasteiger partial charge in [0.1, 0.15) is 0 Å². The van der Waals surface area contributed by atoms with Crippen LogP contribution >= 0.6 is 0 Å². The molecule has 0 aromatic heterocycles. The maximum atomic E-state index is 3.29. The zero-order chi connectivity index (χ0) is 13.3. The number of hydrogen-bond acceptors (Lipinski definition) is 2. The van der Waals surface area contributed by atoms with Gasteiger partial charge in [0, 0.05) is 30.2 Å². The normalized spacial score (nSPS) is 23.2. The molecule has 1 spiro atoms. The summed E-state index contributed by atoms with van der Waals surface area (Å²) in [7, 11) is 2.01. The van der Waals surface area contributed by atoms with E-state index in [2.05, 4.69) is 41.4 Å². The number of anilines is 1.